The molecule has 126 valence electrons. The smallest absolute Gasteiger partial charge is 0.285 e. The molecule has 0 atom stereocenters. The Bertz CT molecular complexity index is 764. The van der Waals surface area contributed by atoms with Crippen LogP contribution in [-0.4, -0.2) is 40.1 Å². The second kappa shape index (κ2) is 7.78. The van der Waals surface area contributed by atoms with Gasteiger partial charge in [-0.3, -0.25) is 9.59 Å². The first-order valence-corrected chi connectivity index (χ1v) is 8.14. The van der Waals surface area contributed by atoms with E-state index >= 15 is 0 Å². The molecule has 1 aromatic heterocycles. The van der Waals surface area contributed by atoms with Crippen LogP contribution in [0.25, 0.3) is 0 Å². The number of aromatic nitrogens is 2. The highest BCUT2D eigenvalue weighted by Gasteiger charge is 2.14. The summed E-state index contributed by atoms with van der Waals surface area (Å²) in [5, 5.41) is 2.71. The van der Waals surface area contributed by atoms with E-state index in [9.17, 15) is 9.59 Å². The molecule has 2 rings (SSSR count). The molecule has 1 heterocycles. The summed E-state index contributed by atoms with van der Waals surface area (Å²) >= 11 is 1.09. The van der Waals surface area contributed by atoms with Gasteiger partial charge in [-0.2, -0.15) is 0 Å². The molecule has 2 aromatic rings. The molecule has 7 nitrogen and oxygen atoms in total. The minimum atomic E-state index is -0.312. The van der Waals surface area contributed by atoms with E-state index in [-0.39, 0.29) is 17.1 Å². The van der Waals surface area contributed by atoms with E-state index in [4.69, 9.17) is 5.73 Å². The lowest BCUT2D eigenvalue weighted by molar-refractivity contribution is 0.102. The topological polar surface area (TPSA) is 101 Å². The Kier molecular flexibility index (Phi) is 5.75. The van der Waals surface area contributed by atoms with Crippen LogP contribution in [0.5, 0.6) is 0 Å². The molecule has 0 fully saturated rings. The molecule has 0 saturated carbocycles. The molecule has 1 aromatic carbocycles. The second-order valence-electron chi connectivity index (χ2n) is 5.19. The molecule has 0 aliphatic heterocycles. The van der Waals surface area contributed by atoms with E-state index in [0.29, 0.717) is 23.4 Å². The number of nitrogen functional groups attached to an aromatic ring is 1. The standard InChI is InChI=1S/C16H19N5O2S/c1-4-13-12(9-18-15(17)20-13)14(22)19-10-6-5-7-11(8-10)24-16(23)21(2)3/h5-9H,4H2,1-3H3,(H,19,22)(H2,17,18,20). The number of anilines is 2. The first-order chi connectivity index (χ1) is 11.4. The van der Waals surface area contributed by atoms with Crippen molar-refractivity contribution in [2.24, 2.45) is 0 Å². The summed E-state index contributed by atoms with van der Waals surface area (Å²) in [6, 6.07) is 7.09. The Hall–Kier alpha value is -2.61. The van der Waals surface area contributed by atoms with Crippen LogP contribution in [0.2, 0.25) is 0 Å². The van der Waals surface area contributed by atoms with E-state index in [0.717, 1.165) is 16.7 Å². The molecule has 2 amide bonds. The van der Waals surface area contributed by atoms with Crippen LogP contribution in [0.15, 0.2) is 35.4 Å². The number of nitrogens with one attached hydrogen (secondary N) is 1. The Morgan fingerprint density at radius 3 is 2.75 bits per heavy atom. The van der Waals surface area contributed by atoms with Crippen LogP contribution in [-0.2, 0) is 6.42 Å². The van der Waals surface area contributed by atoms with Crippen LogP contribution >= 0.6 is 11.8 Å². The number of amides is 2. The molecule has 8 heteroatoms. The number of nitrogens with two attached hydrogens (primary N) is 1. The van der Waals surface area contributed by atoms with E-state index in [1.165, 1.54) is 11.1 Å². The van der Waals surface area contributed by atoms with Crippen molar-refractivity contribution in [1.82, 2.24) is 14.9 Å². The van der Waals surface area contributed by atoms with Crippen LogP contribution < -0.4 is 11.1 Å². The summed E-state index contributed by atoms with van der Waals surface area (Å²) in [6.07, 6.45) is 1.99. The Balaban J connectivity index is 2.16. The molecular formula is C16H19N5O2S. The van der Waals surface area contributed by atoms with Crippen molar-refractivity contribution < 1.29 is 9.59 Å². The minimum Gasteiger partial charge on any atom is -0.368 e. The van der Waals surface area contributed by atoms with Gasteiger partial charge in [0.05, 0.1) is 11.3 Å². The fourth-order valence-corrected chi connectivity index (χ4v) is 2.64. The number of aryl methyl sites for hydroxylation is 1. The first kappa shape index (κ1) is 17.7. The zero-order chi connectivity index (χ0) is 17.7. The predicted molar refractivity (Wildman–Crippen MR) is 95.2 cm³/mol. The highest BCUT2D eigenvalue weighted by Crippen LogP contribution is 2.24. The van der Waals surface area contributed by atoms with Gasteiger partial charge in [-0.25, -0.2) is 9.97 Å². The molecule has 0 unspecified atom stereocenters. The average molecular weight is 345 g/mol. The molecule has 0 saturated heterocycles. The van der Waals surface area contributed by atoms with Gasteiger partial charge < -0.3 is 16.0 Å². The molecule has 24 heavy (non-hydrogen) atoms. The van der Waals surface area contributed by atoms with Crippen molar-refractivity contribution in [3.63, 3.8) is 0 Å². The van der Waals surface area contributed by atoms with Gasteiger partial charge in [0.1, 0.15) is 0 Å². The van der Waals surface area contributed by atoms with E-state index < -0.39 is 0 Å². The molecule has 0 spiro atoms. The average Bonchev–Trinajstić information content (AvgIpc) is 2.54. The summed E-state index contributed by atoms with van der Waals surface area (Å²) in [5.74, 6) is -0.170. The van der Waals surface area contributed by atoms with Crippen molar-refractivity contribution in [3.05, 3.63) is 41.7 Å². The number of carbonyl (C=O) groups excluding carboxylic acids is 2. The molecule has 0 aliphatic carbocycles. The van der Waals surface area contributed by atoms with E-state index in [1.54, 1.807) is 32.3 Å². The van der Waals surface area contributed by atoms with Crippen LogP contribution in [0.3, 0.4) is 0 Å². The number of hydrogen-bond donors (Lipinski definition) is 2. The monoisotopic (exact) mass is 345 g/mol. The maximum atomic E-state index is 12.4. The van der Waals surface area contributed by atoms with Crippen LogP contribution in [0.4, 0.5) is 16.4 Å². The molecule has 3 N–H and O–H groups in total. The van der Waals surface area contributed by atoms with Crippen molar-refractivity contribution in [1.29, 1.82) is 0 Å². The lowest BCUT2D eigenvalue weighted by Gasteiger charge is -2.11. The predicted octanol–water partition coefficient (Wildman–Crippen LogP) is 2.65. The number of nitrogens with zero attached hydrogens (tertiary/aromatic N) is 3. The summed E-state index contributed by atoms with van der Waals surface area (Å²) in [6.45, 7) is 1.89. The third-order valence-electron chi connectivity index (χ3n) is 3.13. The van der Waals surface area contributed by atoms with Gasteiger partial charge in [-0.1, -0.05) is 13.0 Å². The molecule has 0 bridgehead atoms. The third-order valence-corrected chi connectivity index (χ3v) is 4.16. The summed E-state index contributed by atoms with van der Waals surface area (Å²) < 4.78 is 0. The lowest BCUT2D eigenvalue weighted by atomic mass is 10.1. The quantitative estimate of drug-likeness (QED) is 0.826. The van der Waals surface area contributed by atoms with Crippen molar-refractivity contribution in [2.45, 2.75) is 18.2 Å². The van der Waals surface area contributed by atoms with E-state index in [1.807, 2.05) is 13.0 Å². The van der Waals surface area contributed by atoms with Crippen LogP contribution in [0.1, 0.15) is 23.0 Å². The fourth-order valence-electron chi connectivity index (χ4n) is 1.92. The fraction of sp³-hybridized carbons (Fsp3) is 0.250. The molecular weight excluding hydrogens is 326 g/mol. The van der Waals surface area contributed by atoms with E-state index in [2.05, 4.69) is 15.3 Å². The lowest BCUT2D eigenvalue weighted by Crippen LogP contribution is -2.17. The van der Waals surface area contributed by atoms with Gasteiger partial charge in [-0.05, 0) is 36.4 Å². The number of hydrogen-bond acceptors (Lipinski definition) is 6. The zero-order valence-corrected chi connectivity index (χ0v) is 14.6. The molecule has 0 aliphatic rings. The highest BCUT2D eigenvalue weighted by atomic mass is 32.2. The Labute approximate surface area is 144 Å². The maximum absolute atomic E-state index is 12.4. The summed E-state index contributed by atoms with van der Waals surface area (Å²) in [4.78, 5) is 34.4. The zero-order valence-electron chi connectivity index (χ0n) is 13.7. The normalized spacial score (nSPS) is 10.3. The summed E-state index contributed by atoms with van der Waals surface area (Å²) in [7, 11) is 3.38. The van der Waals surface area contributed by atoms with Crippen LogP contribution in [0, 0.1) is 0 Å². The number of carbonyl (C=O) groups is 2. The SMILES string of the molecule is CCc1nc(N)ncc1C(=O)Nc1cccc(SC(=O)N(C)C)c1. The second-order valence-corrected chi connectivity index (χ2v) is 6.21. The van der Waals surface area contributed by atoms with Gasteiger partial charge in [0, 0.05) is 30.9 Å². The largest absolute Gasteiger partial charge is 0.368 e. The van der Waals surface area contributed by atoms with Crippen molar-refractivity contribution in [3.8, 4) is 0 Å². The Morgan fingerprint density at radius 1 is 1.33 bits per heavy atom. The number of benzene rings is 1. The third kappa shape index (κ3) is 4.45. The van der Waals surface area contributed by atoms with Gasteiger partial charge >= 0.3 is 0 Å². The van der Waals surface area contributed by atoms with Crippen molar-refractivity contribution in [2.75, 3.05) is 25.1 Å². The van der Waals surface area contributed by atoms with Gasteiger partial charge in [0.25, 0.3) is 11.1 Å². The number of thioether (sulfide) groups is 1. The van der Waals surface area contributed by atoms with Gasteiger partial charge in [0.2, 0.25) is 5.95 Å². The highest BCUT2D eigenvalue weighted by molar-refractivity contribution is 8.13. The maximum Gasteiger partial charge on any atom is 0.285 e. The first-order valence-electron chi connectivity index (χ1n) is 7.32. The summed E-state index contributed by atoms with van der Waals surface area (Å²) in [5.41, 5.74) is 7.12. The minimum absolute atomic E-state index is 0.0846. The van der Waals surface area contributed by atoms with Gasteiger partial charge in [-0.15, -0.1) is 0 Å². The van der Waals surface area contributed by atoms with Crippen molar-refractivity contribution >= 4 is 34.5 Å². The molecule has 0 radical (unpaired) electrons. The Morgan fingerprint density at radius 2 is 2.08 bits per heavy atom. The number of rotatable bonds is 4. The van der Waals surface area contributed by atoms with Gasteiger partial charge in [0.15, 0.2) is 0 Å².